The van der Waals surface area contributed by atoms with Crippen LogP contribution in [0.5, 0.6) is 0 Å². The highest BCUT2D eigenvalue weighted by molar-refractivity contribution is 7.99. The Kier molecular flexibility index (Phi) is 3.32. The average molecular weight is 294 g/mol. The van der Waals surface area contributed by atoms with Gasteiger partial charge in [-0.3, -0.25) is 10.2 Å². The first kappa shape index (κ1) is 12.3. The molecule has 0 saturated carbocycles. The number of carbonyl (C=O) groups is 1. The fourth-order valence-corrected chi connectivity index (χ4v) is 3.14. The zero-order valence-electron chi connectivity index (χ0n) is 9.74. The largest absolute Gasteiger partial charge is 0.294 e. The second-order valence-corrected chi connectivity index (χ2v) is 5.68. The molecule has 0 bridgehead atoms. The van der Waals surface area contributed by atoms with E-state index in [1.807, 2.05) is 17.5 Å². The van der Waals surface area contributed by atoms with Crippen LogP contribution in [0.15, 0.2) is 27.8 Å². The Bertz CT molecular complexity index is 632. The molecule has 98 valence electrons. The Balaban J connectivity index is 1.95. The van der Waals surface area contributed by atoms with Gasteiger partial charge < -0.3 is 0 Å². The molecule has 0 radical (unpaired) electrons. The molecule has 0 aromatic carbocycles. The van der Waals surface area contributed by atoms with Crippen LogP contribution in [0.25, 0.3) is 10.7 Å². The first-order valence-electron chi connectivity index (χ1n) is 5.46. The maximum absolute atomic E-state index is 11.3. The van der Waals surface area contributed by atoms with E-state index in [2.05, 4.69) is 20.7 Å². The van der Waals surface area contributed by atoms with Crippen molar-refractivity contribution in [2.45, 2.75) is 11.6 Å². The van der Waals surface area contributed by atoms with Crippen LogP contribution in [-0.2, 0) is 4.79 Å². The van der Waals surface area contributed by atoms with E-state index in [1.165, 1.54) is 11.8 Å². The van der Waals surface area contributed by atoms with Crippen LogP contribution < -0.4 is 11.3 Å². The average Bonchev–Trinajstić information content (AvgIpc) is 3.06. The van der Waals surface area contributed by atoms with E-state index >= 15 is 0 Å². The van der Waals surface area contributed by atoms with Crippen LogP contribution in [0.1, 0.15) is 6.42 Å². The van der Waals surface area contributed by atoms with Crippen molar-refractivity contribution < 1.29 is 4.79 Å². The maximum Gasteiger partial charge on any atom is 0.239 e. The Morgan fingerprint density at radius 3 is 3.16 bits per heavy atom. The summed E-state index contributed by atoms with van der Waals surface area (Å²) >= 11 is 3.08. The van der Waals surface area contributed by atoms with Gasteiger partial charge in [0.05, 0.1) is 17.0 Å². The number of hydrazine groups is 1. The number of amides is 1. The standard InChI is InChI=1S/C10H10N6OS2/c11-12-8(17)4-6-5-19-10-14-13-9(16(10)15-6)7-2-1-3-18-7/h1-3H,4-5,11H2,(H,12,17). The van der Waals surface area contributed by atoms with E-state index in [4.69, 9.17) is 5.84 Å². The molecular weight excluding hydrogens is 284 g/mol. The van der Waals surface area contributed by atoms with Crippen LogP contribution in [0.3, 0.4) is 0 Å². The summed E-state index contributed by atoms with van der Waals surface area (Å²) in [6, 6.07) is 3.91. The summed E-state index contributed by atoms with van der Waals surface area (Å²) in [5.74, 6) is 6.14. The number of nitrogens with one attached hydrogen (secondary N) is 1. The molecule has 0 spiro atoms. The molecule has 19 heavy (non-hydrogen) atoms. The molecule has 3 heterocycles. The van der Waals surface area contributed by atoms with Gasteiger partial charge in [0.25, 0.3) is 0 Å². The van der Waals surface area contributed by atoms with Crippen LogP contribution in [0, 0.1) is 0 Å². The fourth-order valence-electron chi connectivity index (χ4n) is 1.65. The Morgan fingerprint density at radius 2 is 2.42 bits per heavy atom. The Hall–Kier alpha value is -1.71. The van der Waals surface area contributed by atoms with E-state index in [1.54, 1.807) is 16.0 Å². The minimum atomic E-state index is -0.256. The first-order valence-corrected chi connectivity index (χ1v) is 7.32. The Labute approximate surface area is 116 Å². The van der Waals surface area contributed by atoms with Gasteiger partial charge in [-0.25, -0.2) is 5.84 Å². The number of hydrogen-bond acceptors (Lipinski definition) is 7. The monoisotopic (exact) mass is 294 g/mol. The van der Waals surface area contributed by atoms with Gasteiger partial charge in [0.2, 0.25) is 11.1 Å². The third kappa shape index (κ3) is 2.39. The summed E-state index contributed by atoms with van der Waals surface area (Å²) in [6.07, 6.45) is 0.186. The van der Waals surface area contributed by atoms with Gasteiger partial charge in [-0.15, -0.1) is 21.5 Å². The van der Waals surface area contributed by atoms with Crippen molar-refractivity contribution in [1.29, 1.82) is 0 Å². The number of thioether (sulfide) groups is 1. The predicted octanol–water partition coefficient (Wildman–Crippen LogP) is 0.696. The summed E-state index contributed by atoms with van der Waals surface area (Å²) in [5, 5.41) is 15.4. The van der Waals surface area contributed by atoms with Gasteiger partial charge >= 0.3 is 0 Å². The van der Waals surface area contributed by atoms with Gasteiger partial charge in [0, 0.05) is 5.75 Å². The second-order valence-electron chi connectivity index (χ2n) is 3.79. The molecule has 0 saturated heterocycles. The zero-order valence-corrected chi connectivity index (χ0v) is 11.4. The maximum atomic E-state index is 11.3. The molecule has 0 unspecified atom stereocenters. The lowest BCUT2D eigenvalue weighted by Gasteiger charge is -2.12. The quantitative estimate of drug-likeness (QED) is 0.493. The van der Waals surface area contributed by atoms with Gasteiger partial charge in [-0.05, 0) is 11.4 Å². The number of rotatable bonds is 3. The van der Waals surface area contributed by atoms with Crippen molar-refractivity contribution in [3.8, 4) is 10.7 Å². The number of aromatic nitrogens is 3. The molecule has 0 fully saturated rings. The van der Waals surface area contributed by atoms with Crippen LogP contribution >= 0.6 is 23.1 Å². The summed E-state index contributed by atoms with van der Waals surface area (Å²) in [5.41, 5.74) is 2.85. The van der Waals surface area contributed by atoms with Crippen molar-refractivity contribution >= 4 is 34.7 Å². The van der Waals surface area contributed by atoms with E-state index in [9.17, 15) is 4.79 Å². The third-order valence-corrected chi connectivity index (χ3v) is 4.34. The number of carbonyl (C=O) groups excluding carboxylic acids is 1. The highest BCUT2D eigenvalue weighted by atomic mass is 32.2. The molecule has 9 heteroatoms. The Morgan fingerprint density at radius 1 is 1.53 bits per heavy atom. The highest BCUT2D eigenvalue weighted by Crippen LogP contribution is 2.29. The number of nitrogens with two attached hydrogens (primary N) is 1. The number of thiophene rings is 1. The SMILES string of the molecule is NNC(=O)CC1=Nn2c(nnc2-c2cccs2)SC1. The van der Waals surface area contributed by atoms with Crippen molar-refractivity contribution in [2.24, 2.45) is 10.9 Å². The van der Waals surface area contributed by atoms with Crippen LogP contribution in [-0.4, -0.2) is 32.2 Å². The van der Waals surface area contributed by atoms with Gasteiger partial charge in [0.1, 0.15) is 0 Å². The smallest absolute Gasteiger partial charge is 0.239 e. The summed E-state index contributed by atoms with van der Waals surface area (Å²) in [7, 11) is 0. The van der Waals surface area contributed by atoms with Crippen molar-refractivity contribution in [1.82, 2.24) is 20.3 Å². The second kappa shape index (κ2) is 5.11. The number of nitrogens with zero attached hydrogens (tertiary/aromatic N) is 4. The van der Waals surface area contributed by atoms with E-state index < -0.39 is 0 Å². The third-order valence-electron chi connectivity index (χ3n) is 2.49. The molecule has 0 atom stereocenters. The summed E-state index contributed by atoms with van der Waals surface area (Å²) in [6.45, 7) is 0. The van der Waals surface area contributed by atoms with Crippen molar-refractivity contribution in [3.05, 3.63) is 17.5 Å². The zero-order chi connectivity index (χ0) is 13.2. The molecule has 7 nitrogen and oxygen atoms in total. The van der Waals surface area contributed by atoms with E-state index in [0.717, 1.165) is 15.7 Å². The first-order chi connectivity index (χ1) is 9.28. The summed E-state index contributed by atoms with van der Waals surface area (Å²) < 4.78 is 1.68. The minimum Gasteiger partial charge on any atom is -0.294 e. The number of fused-ring (bicyclic) bond motifs is 1. The lowest BCUT2D eigenvalue weighted by molar-refractivity contribution is -0.119. The molecule has 2 aromatic heterocycles. The highest BCUT2D eigenvalue weighted by Gasteiger charge is 2.21. The molecular formula is C10H10N6OS2. The summed E-state index contributed by atoms with van der Waals surface area (Å²) in [4.78, 5) is 12.3. The van der Waals surface area contributed by atoms with Gasteiger partial charge in [-0.2, -0.15) is 9.78 Å². The molecule has 1 amide bonds. The topological polar surface area (TPSA) is 98.2 Å². The lowest BCUT2D eigenvalue weighted by atomic mass is 10.3. The molecule has 3 N–H and O–H groups in total. The predicted molar refractivity (Wildman–Crippen MR) is 73.8 cm³/mol. The van der Waals surface area contributed by atoms with Gasteiger partial charge in [0.15, 0.2) is 5.82 Å². The molecule has 1 aliphatic heterocycles. The van der Waals surface area contributed by atoms with E-state index in [0.29, 0.717) is 11.6 Å². The molecule has 2 aromatic rings. The lowest BCUT2D eigenvalue weighted by Crippen LogP contribution is -2.32. The molecule has 3 rings (SSSR count). The van der Waals surface area contributed by atoms with Crippen LogP contribution in [0.2, 0.25) is 0 Å². The number of hydrogen-bond donors (Lipinski definition) is 2. The molecule has 0 aliphatic carbocycles. The van der Waals surface area contributed by atoms with Gasteiger partial charge in [-0.1, -0.05) is 17.8 Å². The van der Waals surface area contributed by atoms with Crippen LogP contribution in [0.4, 0.5) is 0 Å². The molecule has 1 aliphatic rings. The van der Waals surface area contributed by atoms with Crippen molar-refractivity contribution in [2.75, 3.05) is 5.75 Å². The van der Waals surface area contributed by atoms with Crippen molar-refractivity contribution in [3.63, 3.8) is 0 Å². The van der Waals surface area contributed by atoms with E-state index in [-0.39, 0.29) is 12.3 Å². The normalized spacial score (nSPS) is 13.8. The minimum absolute atomic E-state index is 0.186. The fraction of sp³-hybridized carbons (Fsp3) is 0.200.